The summed E-state index contributed by atoms with van der Waals surface area (Å²) in [5, 5.41) is 9.31. The van der Waals surface area contributed by atoms with Gasteiger partial charge < -0.3 is 10.0 Å². The second kappa shape index (κ2) is 6.59. The SMILES string of the molecule is O=C(O)CC1CCN(C(=O)c2cc(Cl)ccc2Br)CC1. The van der Waals surface area contributed by atoms with Gasteiger partial charge in [-0.3, -0.25) is 9.59 Å². The van der Waals surface area contributed by atoms with E-state index in [2.05, 4.69) is 15.9 Å². The van der Waals surface area contributed by atoms with Crippen molar-refractivity contribution in [3.63, 3.8) is 0 Å². The van der Waals surface area contributed by atoms with Gasteiger partial charge in [0.1, 0.15) is 0 Å². The predicted molar refractivity (Wildman–Crippen MR) is 80.0 cm³/mol. The number of likely N-dealkylation sites (tertiary alicyclic amines) is 1. The number of aliphatic carboxylic acids is 1. The van der Waals surface area contributed by atoms with Crippen molar-refractivity contribution in [3.8, 4) is 0 Å². The first-order chi connectivity index (χ1) is 9.47. The average Bonchev–Trinajstić information content (AvgIpc) is 2.41. The lowest BCUT2D eigenvalue weighted by Crippen LogP contribution is -2.39. The Labute approximate surface area is 130 Å². The molecule has 1 N–H and O–H groups in total. The zero-order valence-corrected chi connectivity index (χ0v) is 13.2. The highest BCUT2D eigenvalue weighted by Gasteiger charge is 2.26. The molecule has 1 aliphatic rings. The number of hydrogen-bond acceptors (Lipinski definition) is 2. The number of amides is 1. The number of carboxylic acids is 1. The molecule has 0 atom stereocenters. The molecular formula is C14H15BrClNO3. The third kappa shape index (κ3) is 3.73. The first-order valence-corrected chi connectivity index (χ1v) is 7.60. The van der Waals surface area contributed by atoms with Gasteiger partial charge in [0.05, 0.1) is 5.56 Å². The van der Waals surface area contributed by atoms with Crippen LogP contribution in [0.1, 0.15) is 29.6 Å². The fourth-order valence-corrected chi connectivity index (χ4v) is 3.01. The Morgan fingerprint density at radius 2 is 2.00 bits per heavy atom. The van der Waals surface area contributed by atoms with Gasteiger partial charge >= 0.3 is 5.97 Å². The summed E-state index contributed by atoms with van der Waals surface area (Å²) < 4.78 is 0.722. The van der Waals surface area contributed by atoms with Crippen LogP contribution in [0, 0.1) is 5.92 Å². The molecular weight excluding hydrogens is 346 g/mol. The molecule has 0 aliphatic carbocycles. The van der Waals surface area contributed by atoms with Crippen molar-refractivity contribution in [2.45, 2.75) is 19.3 Å². The molecule has 108 valence electrons. The average molecular weight is 361 g/mol. The molecule has 1 aromatic rings. The summed E-state index contributed by atoms with van der Waals surface area (Å²) in [6.07, 6.45) is 1.65. The van der Waals surface area contributed by atoms with Crippen LogP contribution in [0.5, 0.6) is 0 Å². The number of piperidine rings is 1. The highest BCUT2D eigenvalue weighted by Crippen LogP contribution is 2.26. The van der Waals surface area contributed by atoms with Crippen LogP contribution >= 0.6 is 27.5 Å². The van der Waals surface area contributed by atoms with Crippen LogP contribution in [0.25, 0.3) is 0 Å². The maximum absolute atomic E-state index is 12.4. The molecule has 0 spiro atoms. The summed E-state index contributed by atoms with van der Waals surface area (Å²) in [6.45, 7) is 1.19. The third-order valence-corrected chi connectivity index (χ3v) is 4.45. The van der Waals surface area contributed by atoms with Crippen molar-refractivity contribution < 1.29 is 14.7 Å². The molecule has 6 heteroatoms. The second-order valence-corrected chi connectivity index (χ2v) is 6.25. The van der Waals surface area contributed by atoms with E-state index >= 15 is 0 Å². The monoisotopic (exact) mass is 359 g/mol. The molecule has 0 bridgehead atoms. The van der Waals surface area contributed by atoms with E-state index in [1.54, 1.807) is 23.1 Å². The molecule has 1 fully saturated rings. The van der Waals surface area contributed by atoms with Crippen molar-refractivity contribution in [1.29, 1.82) is 0 Å². The Kier molecular flexibility index (Phi) is 5.05. The fraction of sp³-hybridized carbons (Fsp3) is 0.429. The van der Waals surface area contributed by atoms with Crippen LogP contribution in [-0.2, 0) is 4.79 Å². The molecule has 0 saturated carbocycles. The highest BCUT2D eigenvalue weighted by atomic mass is 79.9. The Balaban J connectivity index is 2.01. The minimum absolute atomic E-state index is 0.0619. The topological polar surface area (TPSA) is 57.6 Å². The van der Waals surface area contributed by atoms with E-state index in [4.69, 9.17) is 16.7 Å². The Bertz CT molecular complexity index is 527. The molecule has 4 nitrogen and oxygen atoms in total. The third-order valence-electron chi connectivity index (χ3n) is 3.52. The van der Waals surface area contributed by atoms with E-state index < -0.39 is 5.97 Å². The quantitative estimate of drug-likeness (QED) is 0.898. The zero-order chi connectivity index (χ0) is 14.7. The van der Waals surface area contributed by atoms with Gasteiger partial charge in [-0.1, -0.05) is 11.6 Å². The number of nitrogens with zero attached hydrogens (tertiary/aromatic N) is 1. The van der Waals surface area contributed by atoms with Crippen molar-refractivity contribution in [1.82, 2.24) is 4.90 Å². The van der Waals surface area contributed by atoms with Crippen molar-refractivity contribution in [3.05, 3.63) is 33.3 Å². The zero-order valence-electron chi connectivity index (χ0n) is 10.8. The van der Waals surface area contributed by atoms with E-state index in [1.165, 1.54) is 0 Å². The molecule has 1 amide bonds. The molecule has 1 heterocycles. The summed E-state index contributed by atoms with van der Waals surface area (Å²) in [4.78, 5) is 24.9. The lowest BCUT2D eigenvalue weighted by atomic mass is 9.93. The van der Waals surface area contributed by atoms with Gasteiger partial charge in [0.2, 0.25) is 0 Å². The summed E-state index contributed by atoms with van der Waals surface area (Å²) >= 11 is 9.28. The van der Waals surface area contributed by atoms with Gasteiger partial charge in [0.15, 0.2) is 0 Å². The van der Waals surface area contributed by atoms with Gasteiger partial charge in [-0.25, -0.2) is 0 Å². The Morgan fingerprint density at radius 3 is 2.60 bits per heavy atom. The van der Waals surface area contributed by atoms with Gasteiger partial charge in [0, 0.05) is 29.0 Å². The predicted octanol–water partition coefficient (Wildman–Crippen LogP) is 3.43. The molecule has 1 aliphatic heterocycles. The van der Waals surface area contributed by atoms with E-state index in [0.29, 0.717) is 23.7 Å². The van der Waals surface area contributed by atoms with E-state index in [-0.39, 0.29) is 18.2 Å². The molecule has 0 aromatic heterocycles. The molecule has 2 rings (SSSR count). The number of benzene rings is 1. The molecule has 0 radical (unpaired) electrons. The first kappa shape index (κ1) is 15.3. The van der Waals surface area contributed by atoms with Crippen molar-refractivity contribution in [2.24, 2.45) is 5.92 Å². The fourth-order valence-electron chi connectivity index (χ4n) is 2.42. The summed E-state index contributed by atoms with van der Waals surface area (Å²) in [7, 11) is 0. The number of carbonyl (C=O) groups excluding carboxylic acids is 1. The van der Waals surface area contributed by atoms with Crippen LogP contribution in [0.2, 0.25) is 5.02 Å². The number of halogens is 2. The Morgan fingerprint density at radius 1 is 1.35 bits per heavy atom. The van der Waals surface area contributed by atoms with Crippen molar-refractivity contribution >= 4 is 39.4 Å². The van der Waals surface area contributed by atoms with Crippen LogP contribution in [-0.4, -0.2) is 35.0 Å². The van der Waals surface area contributed by atoms with E-state index in [9.17, 15) is 9.59 Å². The maximum Gasteiger partial charge on any atom is 0.303 e. The van der Waals surface area contributed by atoms with Gasteiger partial charge in [-0.15, -0.1) is 0 Å². The van der Waals surface area contributed by atoms with Crippen molar-refractivity contribution in [2.75, 3.05) is 13.1 Å². The smallest absolute Gasteiger partial charge is 0.303 e. The first-order valence-electron chi connectivity index (χ1n) is 6.43. The molecule has 20 heavy (non-hydrogen) atoms. The lowest BCUT2D eigenvalue weighted by Gasteiger charge is -2.31. The van der Waals surface area contributed by atoms with Crippen LogP contribution in [0.3, 0.4) is 0 Å². The minimum Gasteiger partial charge on any atom is -0.481 e. The number of carbonyl (C=O) groups is 2. The molecule has 1 aromatic carbocycles. The van der Waals surface area contributed by atoms with Crippen LogP contribution in [0.15, 0.2) is 22.7 Å². The van der Waals surface area contributed by atoms with Gasteiger partial charge in [-0.05, 0) is 52.9 Å². The van der Waals surface area contributed by atoms with E-state index in [0.717, 1.165) is 17.3 Å². The van der Waals surface area contributed by atoms with Crippen LogP contribution < -0.4 is 0 Å². The number of rotatable bonds is 3. The molecule has 0 unspecified atom stereocenters. The standard InChI is InChI=1S/C14H15BrClNO3/c15-12-2-1-10(16)8-11(12)14(20)17-5-3-9(4-6-17)7-13(18)19/h1-2,8-9H,3-7H2,(H,18,19). The summed E-state index contributed by atoms with van der Waals surface area (Å²) in [5.41, 5.74) is 0.550. The number of hydrogen-bond donors (Lipinski definition) is 1. The summed E-state index contributed by atoms with van der Waals surface area (Å²) in [5.74, 6) is -0.667. The second-order valence-electron chi connectivity index (χ2n) is 4.96. The summed E-state index contributed by atoms with van der Waals surface area (Å²) in [6, 6.07) is 5.13. The Hall–Kier alpha value is -1.07. The van der Waals surface area contributed by atoms with Crippen LogP contribution in [0.4, 0.5) is 0 Å². The lowest BCUT2D eigenvalue weighted by molar-refractivity contribution is -0.138. The minimum atomic E-state index is -0.771. The van der Waals surface area contributed by atoms with E-state index in [1.807, 2.05) is 0 Å². The maximum atomic E-state index is 12.4. The van der Waals surface area contributed by atoms with Gasteiger partial charge in [-0.2, -0.15) is 0 Å². The largest absolute Gasteiger partial charge is 0.481 e. The highest BCUT2D eigenvalue weighted by molar-refractivity contribution is 9.10. The molecule has 1 saturated heterocycles. The van der Waals surface area contributed by atoms with Gasteiger partial charge in [0.25, 0.3) is 5.91 Å². The normalized spacial score (nSPS) is 16.2. The number of carboxylic acid groups (broad SMARTS) is 1.